The van der Waals surface area contributed by atoms with Crippen molar-refractivity contribution in [2.75, 3.05) is 0 Å². The minimum atomic E-state index is 0.265. The van der Waals surface area contributed by atoms with Gasteiger partial charge < -0.3 is 0 Å². The molecule has 1 nitrogen and oxygen atoms in total. The fourth-order valence-corrected chi connectivity index (χ4v) is 1.47. The number of hydrogen-bond donors (Lipinski definition) is 0. The van der Waals surface area contributed by atoms with Crippen LogP contribution in [-0.2, 0) is 4.79 Å². The van der Waals surface area contributed by atoms with Gasteiger partial charge in [0.05, 0.1) is 0 Å². The Kier molecular flexibility index (Phi) is 3.34. The van der Waals surface area contributed by atoms with Crippen molar-refractivity contribution in [2.24, 2.45) is 5.92 Å². The molecule has 1 unspecified atom stereocenters. The fraction of sp³-hybridized carbons (Fsp3) is 0.700. The second-order valence-electron chi connectivity index (χ2n) is 3.18. The van der Waals surface area contributed by atoms with Crippen LogP contribution in [0.25, 0.3) is 0 Å². The first-order valence-corrected chi connectivity index (χ1v) is 4.54. The van der Waals surface area contributed by atoms with Crippen molar-refractivity contribution in [3.8, 4) is 0 Å². The predicted molar refractivity (Wildman–Crippen MR) is 46.4 cm³/mol. The van der Waals surface area contributed by atoms with Gasteiger partial charge in [-0.3, -0.25) is 4.79 Å². The van der Waals surface area contributed by atoms with Gasteiger partial charge in [-0.05, 0) is 19.3 Å². The molecule has 0 radical (unpaired) electrons. The minimum absolute atomic E-state index is 0.265. The summed E-state index contributed by atoms with van der Waals surface area (Å²) in [6.07, 6.45) is 9.52. The molecular weight excluding hydrogens is 136 g/mol. The molecule has 0 spiro atoms. The van der Waals surface area contributed by atoms with E-state index in [1.165, 1.54) is 6.42 Å². The molecule has 1 aliphatic rings. The fourth-order valence-electron chi connectivity index (χ4n) is 1.47. The average Bonchev–Trinajstić information content (AvgIpc) is 2.37. The number of rotatable bonds is 3. The maximum Gasteiger partial charge on any atom is 0.139 e. The van der Waals surface area contributed by atoms with Crippen LogP contribution in [0.4, 0.5) is 0 Å². The van der Waals surface area contributed by atoms with Crippen molar-refractivity contribution in [1.29, 1.82) is 0 Å². The van der Waals surface area contributed by atoms with Gasteiger partial charge >= 0.3 is 0 Å². The molecule has 62 valence electrons. The quantitative estimate of drug-likeness (QED) is 0.568. The summed E-state index contributed by atoms with van der Waals surface area (Å²) < 4.78 is 0. The Bertz CT molecular complexity index is 158. The van der Waals surface area contributed by atoms with Crippen LogP contribution in [0.3, 0.4) is 0 Å². The topological polar surface area (TPSA) is 17.1 Å². The number of carbonyl (C=O) groups is 1. The zero-order chi connectivity index (χ0) is 8.10. The molecule has 0 aliphatic heterocycles. The van der Waals surface area contributed by atoms with E-state index in [-0.39, 0.29) is 5.92 Å². The van der Waals surface area contributed by atoms with Crippen molar-refractivity contribution < 1.29 is 4.79 Å². The minimum Gasteiger partial charge on any atom is -0.299 e. The first-order valence-electron chi connectivity index (χ1n) is 4.54. The lowest BCUT2D eigenvalue weighted by atomic mass is 10.1. The van der Waals surface area contributed by atoms with Crippen LogP contribution in [0.1, 0.15) is 39.0 Å². The van der Waals surface area contributed by atoms with Crippen LogP contribution in [0.5, 0.6) is 0 Å². The molecule has 0 aromatic carbocycles. The molecular formula is C10H16O. The second-order valence-corrected chi connectivity index (χ2v) is 3.18. The number of Topliss-reactive ketones (excluding diaryl/α,β-unsaturated/α-hetero) is 1. The van der Waals surface area contributed by atoms with E-state index >= 15 is 0 Å². The normalized spacial score (nSPS) is 25.2. The summed E-state index contributed by atoms with van der Waals surface area (Å²) in [5.74, 6) is 0.707. The molecule has 1 heteroatoms. The third kappa shape index (κ3) is 2.49. The highest BCUT2D eigenvalue weighted by molar-refractivity contribution is 5.84. The lowest BCUT2D eigenvalue weighted by Crippen LogP contribution is -2.01. The molecule has 1 atom stereocenters. The molecule has 1 saturated carbocycles. The highest BCUT2D eigenvalue weighted by atomic mass is 16.1. The molecule has 0 amide bonds. The number of allylic oxidation sites excluding steroid dienone is 2. The number of ketones is 1. The summed E-state index contributed by atoms with van der Waals surface area (Å²) in [5, 5.41) is 0. The molecule has 0 saturated heterocycles. The number of hydrogen-bond acceptors (Lipinski definition) is 1. The Morgan fingerprint density at radius 2 is 2.45 bits per heavy atom. The molecule has 1 aliphatic carbocycles. The molecule has 11 heavy (non-hydrogen) atoms. The van der Waals surface area contributed by atoms with Crippen LogP contribution in [0.15, 0.2) is 12.2 Å². The summed E-state index contributed by atoms with van der Waals surface area (Å²) >= 11 is 0. The Hall–Kier alpha value is -0.590. The third-order valence-electron chi connectivity index (χ3n) is 2.18. The van der Waals surface area contributed by atoms with Crippen LogP contribution >= 0.6 is 0 Å². The highest BCUT2D eigenvalue weighted by Gasteiger charge is 2.20. The number of unbranched alkanes of at least 4 members (excludes halogenated alkanes) is 1. The predicted octanol–water partition coefficient (Wildman–Crippen LogP) is 2.71. The van der Waals surface area contributed by atoms with Gasteiger partial charge in [0.2, 0.25) is 0 Å². The second kappa shape index (κ2) is 4.32. The van der Waals surface area contributed by atoms with E-state index in [1.807, 2.05) is 0 Å². The largest absolute Gasteiger partial charge is 0.299 e. The van der Waals surface area contributed by atoms with Gasteiger partial charge in [0.1, 0.15) is 5.78 Å². The van der Waals surface area contributed by atoms with Gasteiger partial charge in [-0.2, -0.15) is 0 Å². The summed E-state index contributed by atoms with van der Waals surface area (Å²) in [5.41, 5.74) is 0. The first kappa shape index (κ1) is 8.51. The van der Waals surface area contributed by atoms with Crippen molar-refractivity contribution in [1.82, 2.24) is 0 Å². The van der Waals surface area contributed by atoms with Crippen LogP contribution in [0.2, 0.25) is 0 Å². The SMILES string of the molecule is CCC/C=C/C1CCCC1=O. The molecule has 1 fully saturated rings. The lowest BCUT2D eigenvalue weighted by Gasteiger charge is -1.97. The average molecular weight is 152 g/mol. The summed E-state index contributed by atoms with van der Waals surface area (Å²) in [7, 11) is 0. The van der Waals surface area contributed by atoms with Crippen molar-refractivity contribution >= 4 is 5.78 Å². The Morgan fingerprint density at radius 1 is 1.64 bits per heavy atom. The molecule has 0 N–H and O–H groups in total. The maximum atomic E-state index is 11.1. The van der Waals surface area contributed by atoms with Crippen LogP contribution in [0, 0.1) is 5.92 Å². The van der Waals surface area contributed by atoms with Crippen molar-refractivity contribution in [2.45, 2.75) is 39.0 Å². The number of carbonyl (C=O) groups excluding carboxylic acids is 1. The van der Waals surface area contributed by atoms with Gasteiger partial charge in [-0.1, -0.05) is 25.5 Å². The van der Waals surface area contributed by atoms with Gasteiger partial charge in [-0.15, -0.1) is 0 Å². The van der Waals surface area contributed by atoms with Gasteiger partial charge in [-0.25, -0.2) is 0 Å². The van der Waals surface area contributed by atoms with Gasteiger partial charge in [0.15, 0.2) is 0 Å². The molecule has 0 aromatic heterocycles. The van der Waals surface area contributed by atoms with Gasteiger partial charge in [0.25, 0.3) is 0 Å². The summed E-state index contributed by atoms with van der Waals surface area (Å²) in [6, 6.07) is 0. The smallest absolute Gasteiger partial charge is 0.139 e. The van der Waals surface area contributed by atoms with E-state index < -0.39 is 0 Å². The van der Waals surface area contributed by atoms with Crippen molar-refractivity contribution in [3.05, 3.63) is 12.2 Å². The van der Waals surface area contributed by atoms with Crippen LogP contribution in [-0.4, -0.2) is 5.78 Å². The van der Waals surface area contributed by atoms with E-state index in [9.17, 15) is 4.79 Å². The summed E-state index contributed by atoms with van der Waals surface area (Å²) in [4.78, 5) is 11.1. The van der Waals surface area contributed by atoms with E-state index in [0.717, 1.165) is 25.7 Å². The first-order chi connectivity index (χ1) is 5.34. The Labute approximate surface area is 68.5 Å². The van der Waals surface area contributed by atoms with E-state index in [2.05, 4.69) is 19.1 Å². The van der Waals surface area contributed by atoms with Crippen molar-refractivity contribution in [3.63, 3.8) is 0 Å². The molecule has 1 rings (SSSR count). The Balaban J connectivity index is 2.30. The molecule has 0 heterocycles. The highest BCUT2D eigenvalue weighted by Crippen LogP contribution is 2.22. The monoisotopic (exact) mass is 152 g/mol. The standard InChI is InChI=1S/C10H16O/c1-2-3-4-6-9-7-5-8-10(9)11/h4,6,9H,2-3,5,7-8H2,1H3/b6-4+. The maximum absolute atomic E-state index is 11.1. The third-order valence-corrected chi connectivity index (χ3v) is 2.18. The van der Waals surface area contributed by atoms with E-state index in [0.29, 0.717) is 5.78 Å². The molecule has 0 bridgehead atoms. The molecule has 0 aromatic rings. The lowest BCUT2D eigenvalue weighted by molar-refractivity contribution is -0.119. The van der Waals surface area contributed by atoms with Crippen LogP contribution < -0.4 is 0 Å². The Morgan fingerprint density at radius 3 is 3.00 bits per heavy atom. The van der Waals surface area contributed by atoms with E-state index in [4.69, 9.17) is 0 Å². The van der Waals surface area contributed by atoms with E-state index in [1.54, 1.807) is 0 Å². The van der Waals surface area contributed by atoms with Gasteiger partial charge in [0, 0.05) is 12.3 Å². The zero-order valence-electron chi connectivity index (χ0n) is 7.18. The summed E-state index contributed by atoms with van der Waals surface area (Å²) in [6.45, 7) is 2.15. The zero-order valence-corrected chi connectivity index (χ0v) is 7.18.